The van der Waals surface area contributed by atoms with Crippen molar-refractivity contribution in [2.75, 3.05) is 0 Å². The van der Waals surface area contributed by atoms with Crippen molar-refractivity contribution in [1.82, 2.24) is 4.57 Å². The van der Waals surface area contributed by atoms with Crippen LogP contribution in [0.1, 0.15) is 50.6 Å². The van der Waals surface area contributed by atoms with Crippen molar-refractivity contribution in [3.63, 3.8) is 0 Å². The van der Waals surface area contributed by atoms with Gasteiger partial charge in [0.1, 0.15) is 0 Å². The van der Waals surface area contributed by atoms with Crippen LogP contribution in [-0.2, 0) is 6.54 Å². The van der Waals surface area contributed by atoms with Crippen molar-refractivity contribution in [3.05, 3.63) is 24.0 Å². The van der Waals surface area contributed by atoms with Crippen molar-refractivity contribution >= 4 is 0 Å². The van der Waals surface area contributed by atoms with Gasteiger partial charge in [0.15, 0.2) is 0 Å². The van der Waals surface area contributed by atoms with Crippen LogP contribution >= 0.6 is 0 Å². The van der Waals surface area contributed by atoms with E-state index in [1.807, 2.05) is 0 Å². The van der Waals surface area contributed by atoms with Crippen LogP contribution in [0.2, 0.25) is 0 Å². The maximum atomic E-state index is 10.5. The summed E-state index contributed by atoms with van der Waals surface area (Å²) >= 11 is 0. The Bertz CT molecular complexity index is 422. The molecule has 0 unspecified atom stereocenters. The molecule has 3 nitrogen and oxygen atoms in total. The van der Waals surface area contributed by atoms with Crippen molar-refractivity contribution < 1.29 is 10.2 Å². The molecule has 1 aromatic heterocycles. The number of aliphatic hydroxyl groups is 2. The van der Waals surface area contributed by atoms with Crippen LogP contribution in [0, 0.1) is 5.92 Å². The number of nitrogens with zero attached hydrogens (tertiary/aromatic N) is 1. The average molecular weight is 249 g/mol. The van der Waals surface area contributed by atoms with Gasteiger partial charge in [-0.3, -0.25) is 0 Å². The minimum Gasteiger partial charge on any atom is -0.392 e. The summed E-state index contributed by atoms with van der Waals surface area (Å²) in [5.41, 5.74) is 0.701. The maximum absolute atomic E-state index is 10.5. The number of aryl methyl sites for hydroxylation is 1. The van der Waals surface area contributed by atoms with Gasteiger partial charge >= 0.3 is 0 Å². The number of rotatable bonds is 3. The third kappa shape index (κ3) is 1.90. The van der Waals surface area contributed by atoms with E-state index >= 15 is 0 Å². The average Bonchev–Trinajstić information content (AvgIpc) is 2.97. The highest BCUT2D eigenvalue weighted by molar-refractivity contribution is 5.20. The van der Waals surface area contributed by atoms with Gasteiger partial charge in [-0.05, 0) is 50.2 Å². The lowest BCUT2D eigenvalue weighted by molar-refractivity contribution is 0.0186. The van der Waals surface area contributed by atoms with Gasteiger partial charge in [-0.1, -0.05) is 6.92 Å². The molecule has 0 bridgehead atoms. The van der Waals surface area contributed by atoms with Crippen LogP contribution in [-0.4, -0.2) is 26.5 Å². The first-order valence-electron chi connectivity index (χ1n) is 7.21. The van der Waals surface area contributed by atoms with Crippen LogP contribution in [0.3, 0.4) is 0 Å². The highest BCUT2D eigenvalue weighted by atomic mass is 16.3. The molecule has 18 heavy (non-hydrogen) atoms. The molecule has 3 atom stereocenters. The summed E-state index contributed by atoms with van der Waals surface area (Å²) in [4.78, 5) is 0. The van der Waals surface area contributed by atoms with Gasteiger partial charge < -0.3 is 14.8 Å². The van der Waals surface area contributed by atoms with E-state index in [1.54, 1.807) is 0 Å². The molecular weight excluding hydrogens is 226 g/mol. The lowest BCUT2D eigenvalue weighted by atomic mass is 9.77. The van der Waals surface area contributed by atoms with E-state index in [0.29, 0.717) is 0 Å². The largest absolute Gasteiger partial charge is 0.392 e. The summed E-state index contributed by atoms with van der Waals surface area (Å²) in [6.07, 6.45) is 6.39. The molecule has 1 aliphatic heterocycles. The zero-order valence-corrected chi connectivity index (χ0v) is 11.0. The lowest BCUT2D eigenvalue weighted by Crippen LogP contribution is -2.34. The standard InChI is InChI=1S/C15H23NO2/c1-2-11(15(18)7-8-15)14-12-5-3-9-16(12)10-4-6-13(14)17/h3,5,9,11,13-14,17-18H,2,4,6-8,10H2,1H3/t11-,13+,14+/m0/s1. The fourth-order valence-electron chi connectivity index (χ4n) is 3.72. The SMILES string of the molecule is CC[C@@H]([C@@H]1c2cccn2CCC[C@H]1O)C1(O)CC1. The number of aromatic nitrogens is 1. The van der Waals surface area contributed by atoms with E-state index in [-0.39, 0.29) is 17.9 Å². The molecule has 0 aromatic carbocycles. The Balaban J connectivity index is 1.97. The number of hydrogen-bond donors (Lipinski definition) is 2. The van der Waals surface area contributed by atoms with Gasteiger partial charge in [-0.15, -0.1) is 0 Å². The molecule has 0 radical (unpaired) electrons. The summed E-state index contributed by atoms with van der Waals surface area (Å²) < 4.78 is 2.26. The molecule has 0 amide bonds. The number of fused-ring (bicyclic) bond motifs is 1. The third-order valence-corrected chi connectivity index (χ3v) is 4.85. The van der Waals surface area contributed by atoms with Gasteiger partial charge in [0.2, 0.25) is 0 Å². The highest BCUT2D eigenvalue weighted by Crippen LogP contribution is 2.51. The monoisotopic (exact) mass is 249 g/mol. The minimum absolute atomic E-state index is 0.0972. The van der Waals surface area contributed by atoms with Gasteiger partial charge in [-0.25, -0.2) is 0 Å². The van der Waals surface area contributed by atoms with Crippen molar-refractivity contribution in [2.45, 2.75) is 63.2 Å². The van der Waals surface area contributed by atoms with Crippen LogP contribution in [0.5, 0.6) is 0 Å². The Labute approximate surface area is 108 Å². The molecule has 1 aliphatic carbocycles. The quantitative estimate of drug-likeness (QED) is 0.863. The molecule has 2 heterocycles. The van der Waals surface area contributed by atoms with E-state index in [2.05, 4.69) is 29.8 Å². The molecule has 0 spiro atoms. The summed E-state index contributed by atoms with van der Waals surface area (Å²) in [6.45, 7) is 3.12. The van der Waals surface area contributed by atoms with Crippen molar-refractivity contribution in [2.24, 2.45) is 5.92 Å². The summed E-state index contributed by atoms with van der Waals surface area (Å²) in [6, 6.07) is 4.18. The van der Waals surface area contributed by atoms with Gasteiger partial charge in [-0.2, -0.15) is 0 Å². The summed E-state index contributed by atoms with van der Waals surface area (Å²) in [7, 11) is 0. The fourth-order valence-corrected chi connectivity index (χ4v) is 3.72. The van der Waals surface area contributed by atoms with Gasteiger partial charge in [0.25, 0.3) is 0 Å². The van der Waals surface area contributed by atoms with Crippen LogP contribution in [0.15, 0.2) is 18.3 Å². The Morgan fingerprint density at radius 2 is 2.28 bits per heavy atom. The Morgan fingerprint density at radius 1 is 1.50 bits per heavy atom. The van der Waals surface area contributed by atoms with E-state index < -0.39 is 5.60 Å². The summed E-state index contributed by atoms with van der Waals surface area (Å²) in [5, 5.41) is 21.0. The second-order valence-corrected chi connectivity index (χ2v) is 5.98. The summed E-state index contributed by atoms with van der Waals surface area (Å²) in [5.74, 6) is 0.291. The molecule has 1 aromatic rings. The zero-order chi connectivity index (χ0) is 12.8. The normalized spacial score (nSPS) is 31.5. The Kier molecular flexibility index (Phi) is 2.99. The molecule has 1 saturated carbocycles. The zero-order valence-electron chi connectivity index (χ0n) is 11.0. The minimum atomic E-state index is -0.514. The molecule has 2 aliphatic rings. The second kappa shape index (κ2) is 4.39. The predicted octanol–water partition coefficient (Wildman–Crippen LogP) is 2.28. The second-order valence-electron chi connectivity index (χ2n) is 5.98. The van der Waals surface area contributed by atoms with Gasteiger partial charge in [0, 0.05) is 24.4 Å². The fraction of sp³-hybridized carbons (Fsp3) is 0.733. The molecule has 3 heteroatoms. The smallest absolute Gasteiger partial charge is 0.0685 e. The molecule has 0 saturated heterocycles. The Morgan fingerprint density at radius 3 is 2.94 bits per heavy atom. The first-order chi connectivity index (χ1) is 8.65. The van der Waals surface area contributed by atoms with Crippen LogP contribution < -0.4 is 0 Å². The van der Waals surface area contributed by atoms with E-state index in [0.717, 1.165) is 38.6 Å². The Hall–Kier alpha value is -0.800. The molecule has 3 rings (SSSR count). The topological polar surface area (TPSA) is 45.4 Å². The number of hydrogen-bond acceptors (Lipinski definition) is 2. The van der Waals surface area contributed by atoms with Crippen molar-refractivity contribution in [3.8, 4) is 0 Å². The lowest BCUT2D eigenvalue weighted by Gasteiger charge is -2.33. The maximum Gasteiger partial charge on any atom is 0.0685 e. The molecule has 1 fully saturated rings. The van der Waals surface area contributed by atoms with E-state index in [1.165, 1.54) is 5.69 Å². The van der Waals surface area contributed by atoms with Crippen LogP contribution in [0.25, 0.3) is 0 Å². The molecular formula is C15H23NO2. The molecule has 100 valence electrons. The number of aliphatic hydroxyl groups excluding tert-OH is 1. The predicted molar refractivity (Wildman–Crippen MR) is 70.4 cm³/mol. The third-order valence-electron chi connectivity index (χ3n) is 4.85. The first kappa shape index (κ1) is 12.2. The van der Waals surface area contributed by atoms with Crippen molar-refractivity contribution in [1.29, 1.82) is 0 Å². The molecule has 2 N–H and O–H groups in total. The highest BCUT2D eigenvalue weighted by Gasteiger charge is 2.52. The van der Waals surface area contributed by atoms with Gasteiger partial charge in [0.05, 0.1) is 11.7 Å². The van der Waals surface area contributed by atoms with E-state index in [4.69, 9.17) is 0 Å². The van der Waals surface area contributed by atoms with E-state index in [9.17, 15) is 10.2 Å². The van der Waals surface area contributed by atoms with Crippen LogP contribution in [0.4, 0.5) is 0 Å². The first-order valence-corrected chi connectivity index (χ1v) is 7.21.